The number of aliphatic hydroxyl groups excluding tert-OH is 1. The highest BCUT2D eigenvalue weighted by atomic mass is 32.2. The SMILES string of the molecule is COc1ccc(CN(Cc2ccc(OC)cc2)S(=O)(=O)CC(O)c2cc(F)ccc2F)cc1. The minimum atomic E-state index is -4.10. The van der Waals surface area contributed by atoms with Gasteiger partial charge >= 0.3 is 0 Å². The molecule has 6 nitrogen and oxygen atoms in total. The molecule has 3 rings (SSSR count). The van der Waals surface area contributed by atoms with Gasteiger partial charge in [-0.25, -0.2) is 17.2 Å². The maximum atomic E-state index is 14.1. The van der Waals surface area contributed by atoms with Gasteiger partial charge in [0.25, 0.3) is 0 Å². The van der Waals surface area contributed by atoms with E-state index in [2.05, 4.69) is 0 Å². The molecule has 0 radical (unpaired) electrons. The molecule has 0 aromatic heterocycles. The van der Waals surface area contributed by atoms with Gasteiger partial charge in [0.1, 0.15) is 23.1 Å². The maximum absolute atomic E-state index is 14.1. The van der Waals surface area contributed by atoms with Crippen molar-refractivity contribution in [2.24, 2.45) is 0 Å². The molecule has 176 valence electrons. The molecule has 1 atom stereocenters. The van der Waals surface area contributed by atoms with E-state index in [0.29, 0.717) is 22.6 Å². The summed E-state index contributed by atoms with van der Waals surface area (Å²) in [5, 5.41) is 10.4. The van der Waals surface area contributed by atoms with E-state index >= 15 is 0 Å². The van der Waals surface area contributed by atoms with Gasteiger partial charge in [0.2, 0.25) is 10.0 Å². The fourth-order valence-electron chi connectivity index (χ4n) is 3.29. The van der Waals surface area contributed by atoms with Crippen LogP contribution in [0.2, 0.25) is 0 Å². The van der Waals surface area contributed by atoms with Crippen molar-refractivity contribution in [3.05, 3.63) is 95.1 Å². The first-order valence-corrected chi connectivity index (χ1v) is 11.7. The second-order valence-corrected chi connectivity index (χ2v) is 9.44. The number of hydrogen-bond acceptors (Lipinski definition) is 5. The lowest BCUT2D eigenvalue weighted by Crippen LogP contribution is -2.34. The molecule has 0 fully saturated rings. The number of benzene rings is 3. The molecule has 1 unspecified atom stereocenters. The van der Waals surface area contributed by atoms with Crippen LogP contribution in [0.25, 0.3) is 0 Å². The molecule has 0 saturated carbocycles. The van der Waals surface area contributed by atoms with Gasteiger partial charge in [0, 0.05) is 18.7 Å². The Kier molecular flexibility index (Phi) is 8.01. The summed E-state index contributed by atoms with van der Waals surface area (Å²) in [6.45, 7) is 0.0212. The number of aliphatic hydroxyl groups is 1. The van der Waals surface area contributed by atoms with Crippen molar-refractivity contribution < 1.29 is 31.8 Å². The highest BCUT2D eigenvalue weighted by Gasteiger charge is 2.28. The smallest absolute Gasteiger partial charge is 0.217 e. The summed E-state index contributed by atoms with van der Waals surface area (Å²) in [5.74, 6) is -1.20. The van der Waals surface area contributed by atoms with E-state index in [1.54, 1.807) is 48.5 Å². The van der Waals surface area contributed by atoms with E-state index in [1.165, 1.54) is 18.5 Å². The molecular formula is C24H25F2NO5S. The molecule has 0 saturated heterocycles. The molecule has 3 aromatic rings. The molecule has 0 amide bonds. The monoisotopic (exact) mass is 477 g/mol. The van der Waals surface area contributed by atoms with Gasteiger partial charge in [-0.05, 0) is 53.6 Å². The molecule has 0 heterocycles. The summed E-state index contributed by atoms with van der Waals surface area (Å²) in [6.07, 6.45) is -1.74. The predicted molar refractivity (Wildman–Crippen MR) is 120 cm³/mol. The van der Waals surface area contributed by atoms with Crippen molar-refractivity contribution in [3.8, 4) is 11.5 Å². The van der Waals surface area contributed by atoms with Crippen molar-refractivity contribution in [1.29, 1.82) is 0 Å². The van der Waals surface area contributed by atoms with Crippen molar-refractivity contribution in [1.82, 2.24) is 4.31 Å². The van der Waals surface area contributed by atoms with Gasteiger partial charge in [-0.3, -0.25) is 0 Å². The first kappa shape index (κ1) is 24.6. The van der Waals surface area contributed by atoms with Crippen molar-refractivity contribution in [2.45, 2.75) is 19.2 Å². The maximum Gasteiger partial charge on any atom is 0.217 e. The third kappa shape index (κ3) is 6.50. The minimum absolute atomic E-state index is 0.0106. The lowest BCUT2D eigenvalue weighted by Gasteiger charge is -2.24. The molecule has 9 heteroatoms. The molecule has 0 spiro atoms. The number of rotatable bonds is 10. The molecule has 0 bridgehead atoms. The van der Waals surface area contributed by atoms with Crippen LogP contribution < -0.4 is 9.47 Å². The summed E-state index contributed by atoms with van der Waals surface area (Å²) in [4.78, 5) is 0. The number of methoxy groups -OCH3 is 2. The van der Waals surface area contributed by atoms with Crippen LogP contribution in [0.4, 0.5) is 8.78 Å². The van der Waals surface area contributed by atoms with Crippen LogP contribution in [-0.2, 0) is 23.1 Å². The Morgan fingerprint density at radius 2 is 1.33 bits per heavy atom. The number of sulfonamides is 1. The van der Waals surface area contributed by atoms with E-state index < -0.39 is 39.1 Å². The zero-order valence-corrected chi connectivity index (χ0v) is 19.1. The molecule has 0 aliphatic carbocycles. The van der Waals surface area contributed by atoms with Gasteiger partial charge in [0.15, 0.2) is 0 Å². The molecular weight excluding hydrogens is 452 g/mol. The van der Waals surface area contributed by atoms with E-state index in [1.807, 2.05) is 0 Å². The average Bonchev–Trinajstić information content (AvgIpc) is 2.80. The Labute approximate surface area is 192 Å². The van der Waals surface area contributed by atoms with Crippen LogP contribution in [0, 0.1) is 11.6 Å². The van der Waals surface area contributed by atoms with Gasteiger partial charge in [-0.15, -0.1) is 0 Å². The van der Waals surface area contributed by atoms with E-state index in [9.17, 15) is 22.3 Å². The van der Waals surface area contributed by atoms with Crippen molar-refractivity contribution in [3.63, 3.8) is 0 Å². The van der Waals surface area contributed by atoms with Crippen LogP contribution in [0.3, 0.4) is 0 Å². The van der Waals surface area contributed by atoms with Gasteiger partial charge in [-0.2, -0.15) is 4.31 Å². The van der Waals surface area contributed by atoms with Crippen molar-refractivity contribution >= 4 is 10.0 Å². The number of halogens is 2. The zero-order valence-electron chi connectivity index (χ0n) is 18.2. The topological polar surface area (TPSA) is 76.1 Å². The average molecular weight is 478 g/mol. The van der Waals surface area contributed by atoms with E-state index in [0.717, 1.165) is 18.2 Å². The van der Waals surface area contributed by atoms with Crippen molar-refractivity contribution in [2.75, 3.05) is 20.0 Å². The van der Waals surface area contributed by atoms with Crippen LogP contribution in [-0.4, -0.2) is 37.8 Å². The zero-order chi connectivity index (χ0) is 24.0. The second-order valence-electron chi connectivity index (χ2n) is 7.42. The third-order valence-electron chi connectivity index (χ3n) is 5.11. The Morgan fingerprint density at radius 3 is 1.79 bits per heavy atom. The van der Waals surface area contributed by atoms with Crippen LogP contribution in [0.1, 0.15) is 22.8 Å². The number of ether oxygens (including phenoxy) is 2. The summed E-state index contributed by atoms with van der Waals surface area (Å²) in [7, 11) is -1.04. The predicted octanol–water partition coefficient (Wildman–Crippen LogP) is 4.05. The fraction of sp³-hybridized carbons (Fsp3) is 0.250. The quantitative estimate of drug-likeness (QED) is 0.477. The first-order valence-electron chi connectivity index (χ1n) is 10.1. The summed E-state index contributed by atoms with van der Waals surface area (Å²) < 4.78 is 65.6. The van der Waals surface area contributed by atoms with Gasteiger partial charge in [0.05, 0.1) is 26.1 Å². The van der Waals surface area contributed by atoms with Crippen LogP contribution in [0.5, 0.6) is 11.5 Å². The largest absolute Gasteiger partial charge is 0.497 e. The third-order valence-corrected chi connectivity index (χ3v) is 6.90. The molecule has 33 heavy (non-hydrogen) atoms. The van der Waals surface area contributed by atoms with Crippen LogP contribution in [0.15, 0.2) is 66.7 Å². The van der Waals surface area contributed by atoms with Gasteiger partial charge in [-0.1, -0.05) is 24.3 Å². The summed E-state index contributed by atoms with van der Waals surface area (Å²) in [5.41, 5.74) is 0.978. The minimum Gasteiger partial charge on any atom is -0.497 e. The van der Waals surface area contributed by atoms with E-state index in [-0.39, 0.29) is 13.1 Å². The van der Waals surface area contributed by atoms with Gasteiger partial charge < -0.3 is 14.6 Å². The Bertz CT molecular complexity index is 1120. The molecule has 1 N–H and O–H groups in total. The number of hydrogen-bond donors (Lipinski definition) is 1. The lowest BCUT2D eigenvalue weighted by molar-refractivity contribution is 0.193. The van der Waals surface area contributed by atoms with E-state index in [4.69, 9.17) is 9.47 Å². The Balaban J connectivity index is 1.88. The summed E-state index contributed by atoms with van der Waals surface area (Å²) >= 11 is 0. The molecule has 0 aliphatic rings. The highest BCUT2D eigenvalue weighted by molar-refractivity contribution is 7.89. The normalized spacial score (nSPS) is 12.5. The number of nitrogens with zero attached hydrogens (tertiary/aromatic N) is 1. The first-order chi connectivity index (χ1) is 15.7. The Hall–Kier alpha value is -3.01. The standard InChI is InChI=1S/C24H25F2NO5S/c1-31-20-8-3-17(4-9-20)14-27(15-18-5-10-21(32-2)11-6-18)33(29,30)16-24(28)22-13-19(25)7-12-23(22)26/h3-13,24,28H,14-16H2,1-2H3. The molecule has 0 aliphatic heterocycles. The highest BCUT2D eigenvalue weighted by Crippen LogP contribution is 2.24. The van der Waals surface area contributed by atoms with Crippen LogP contribution >= 0.6 is 0 Å². The second kappa shape index (κ2) is 10.7. The lowest BCUT2D eigenvalue weighted by atomic mass is 10.1. The fourth-order valence-corrected chi connectivity index (χ4v) is 4.77. The molecule has 3 aromatic carbocycles. The Morgan fingerprint density at radius 1 is 0.848 bits per heavy atom. The summed E-state index contributed by atoms with van der Waals surface area (Å²) in [6, 6.07) is 16.3.